The first-order valence-corrected chi connectivity index (χ1v) is 4.67. The van der Waals surface area contributed by atoms with E-state index in [0.29, 0.717) is 25.0 Å². The average molecular weight is 180 g/mol. The molecule has 3 heteroatoms. The second-order valence-corrected chi connectivity index (χ2v) is 4.13. The van der Waals surface area contributed by atoms with Gasteiger partial charge in [-0.05, 0) is 13.5 Å². The second kappa shape index (κ2) is 3.89. The Bertz CT molecular complexity index is 244. The number of rotatable bonds is 2. The summed E-state index contributed by atoms with van der Waals surface area (Å²) in [5, 5.41) is 8.49. The zero-order chi connectivity index (χ0) is 9.90. The van der Waals surface area contributed by atoms with Crippen molar-refractivity contribution in [3.05, 3.63) is 0 Å². The maximum atomic E-state index is 11.6. The minimum Gasteiger partial charge on any atom is -0.305 e. The first-order chi connectivity index (χ1) is 6.08. The predicted molar refractivity (Wildman–Crippen MR) is 50.1 cm³/mol. The maximum Gasteiger partial charge on any atom is 0.141 e. The number of ketones is 1. The van der Waals surface area contributed by atoms with Gasteiger partial charge in [-0.25, -0.2) is 0 Å². The lowest BCUT2D eigenvalue weighted by Gasteiger charge is -2.36. The highest BCUT2D eigenvalue weighted by Crippen LogP contribution is 2.30. The van der Waals surface area contributed by atoms with E-state index in [1.165, 1.54) is 0 Å². The molecular formula is C10H16N2O. The second-order valence-electron chi connectivity index (χ2n) is 4.13. The van der Waals surface area contributed by atoms with E-state index in [2.05, 4.69) is 11.0 Å². The number of piperidine rings is 1. The third-order valence-electron chi connectivity index (χ3n) is 2.80. The molecule has 1 saturated heterocycles. The van der Waals surface area contributed by atoms with Gasteiger partial charge in [0.1, 0.15) is 5.78 Å². The van der Waals surface area contributed by atoms with E-state index in [-0.39, 0.29) is 5.41 Å². The highest BCUT2D eigenvalue weighted by Gasteiger charge is 2.36. The van der Waals surface area contributed by atoms with Gasteiger partial charge in [-0.2, -0.15) is 5.26 Å². The van der Waals surface area contributed by atoms with E-state index in [0.717, 1.165) is 13.1 Å². The summed E-state index contributed by atoms with van der Waals surface area (Å²) in [6, 6.07) is 2.10. The first-order valence-electron chi connectivity index (χ1n) is 4.67. The summed E-state index contributed by atoms with van der Waals surface area (Å²) < 4.78 is 0. The highest BCUT2D eigenvalue weighted by molar-refractivity contribution is 5.85. The fourth-order valence-electron chi connectivity index (χ4n) is 1.91. The van der Waals surface area contributed by atoms with Crippen molar-refractivity contribution in [1.82, 2.24) is 4.90 Å². The lowest BCUT2D eigenvalue weighted by Crippen LogP contribution is -2.45. The minimum atomic E-state index is -0.275. The molecule has 0 radical (unpaired) electrons. The summed E-state index contributed by atoms with van der Waals surface area (Å²) in [7, 11) is 2.02. The Kier molecular flexibility index (Phi) is 3.05. The fraction of sp³-hybridized carbons (Fsp3) is 0.800. The molecule has 0 aromatic rings. The van der Waals surface area contributed by atoms with Crippen LogP contribution < -0.4 is 0 Å². The summed E-state index contributed by atoms with van der Waals surface area (Å²) in [5.74, 6) is 0.320. The van der Waals surface area contributed by atoms with Crippen molar-refractivity contribution in [2.45, 2.75) is 26.2 Å². The van der Waals surface area contributed by atoms with Gasteiger partial charge >= 0.3 is 0 Å². The molecule has 1 fully saturated rings. The molecule has 0 aromatic carbocycles. The molecule has 0 saturated carbocycles. The van der Waals surface area contributed by atoms with Crippen LogP contribution in [0.2, 0.25) is 0 Å². The van der Waals surface area contributed by atoms with Crippen LogP contribution in [0.5, 0.6) is 0 Å². The Morgan fingerprint density at radius 1 is 1.69 bits per heavy atom. The van der Waals surface area contributed by atoms with Crippen LogP contribution in [-0.4, -0.2) is 30.8 Å². The van der Waals surface area contributed by atoms with Gasteiger partial charge in [-0.15, -0.1) is 0 Å². The molecule has 0 aromatic heterocycles. The van der Waals surface area contributed by atoms with Crippen LogP contribution >= 0.6 is 0 Å². The van der Waals surface area contributed by atoms with E-state index in [1.54, 1.807) is 0 Å². The van der Waals surface area contributed by atoms with Crippen molar-refractivity contribution in [2.75, 3.05) is 20.1 Å². The summed E-state index contributed by atoms with van der Waals surface area (Å²) in [4.78, 5) is 13.8. The summed E-state index contributed by atoms with van der Waals surface area (Å²) in [6.07, 6.45) is 1.82. The van der Waals surface area contributed by atoms with Crippen LogP contribution in [-0.2, 0) is 4.79 Å². The van der Waals surface area contributed by atoms with Gasteiger partial charge in [0, 0.05) is 31.3 Å². The van der Waals surface area contributed by atoms with Crippen molar-refractivity contribution in [3.63, 3.8) is 0 Å². The Morgan fingerprint density at radius 3 is 3.00 bits per heavy atom. The minimum absolute atomic E-state index is 0.275. The third kappa shape index (κ3) is 2.28. The normalized spacial score (nSPS) is 30.1. The van der Waals surface area contributed by atoms with Crippen LogP contribution in [0.1, 0.15) is 26.2 Å². The summed E-state index contributed by atoms with van der Waals surface area (Å²) >= 11 is 0. The van der Waals surface area contributed by atoms with Crippen molar-refractivity contribution in [2.24, 2.45) is 5.41 Å². The monoisotopic (exact) mass is 180 g/mol. The molecule has 0 N–H and O–H groups in total. The van der Waals surface area contributed by atoms with Gasteiger partial charge in [0.05, 0.1) is 6.07 Å². The van der Waals surface area contributed by atoms with Crippen LogP contribution in [0.4, 0.5) is 0 Å². The van der Waals surface area contributed by atoms with E-state index in [1.807, 2.05) is 14.0 Å². The molecular weight excluding hydrogens is 164 g/mol. The number of hydrogen-bond donors (Lipinski definition) is 0. The molecule has 13 heavy (non-hydrogen) atoms. The van der Waals surface area contributed by atoms with Crippen molar-refractivity contribution in [3.8, 4) is 6.07 Å². The number of nitriles is 1. The van der Waals surface area contributed by atoms with Crippen molar-refractivity contribution >= 4 is 5.78 Å². The largest absolute Gasteiger partial charge is 0.305 e. The van der Waals surface area contributed by atoms with Crippen LogP contribution in [0.15, 0.2) is 0 Å². The molecule has 3 nitrogen and oxygen atoms in total. The van der Waals surface area contributed by atoms with E-state index in [4.69, 9.17) is 5.26 Å². The van der Waals surface area contributed by atoms with Gasteiger partial charge in [0.2, 0.25) is 0 Å². The number of carbonyl (C=O) groups excluding carboxylic acids is 1. The molecule has 0 aliphatic carbocycles. The Hall–Kier alpha value is -0.880. The Balaban J connectivity index is 2.62. The Labute approximate surface area is 79.3 Å². The molecule has 0 bridgehead atoms. The van der Waals surface area contributed by atoms with Gasteiger partial charge in [0.25, 0.3) is 0 Å². The van der Waals surface area contributed by atoms with Gasteiger partial charge in [-0.3, -0.25) is 4.79 Å². The average Bonchev–Trinajstić information content (AvgIpc) is 2.09. The maximum absolute atomic E-state index is 11.6. The summed E-state index contributed by atoms with van der Waals surface area (Å²) in [6.45, 7) is 3.64. The SMILES string of the molecule is CN1CCC(=O)[C@@](C)(CCC#N)C1. The zero-order valence-corrected chi connectivity index (χ0v) is 8.34. The highest BCUT2D eigenvalue weighted by atomic mass is 16.1. The number of hydrogen-bond acceptors (Lipinski definition) is 3. The standard InChI is InChI=1S/C10H16N2O/c1-10(5-3-6-11)8-12(2)7-4-9(10)13/h3-5,7-8H2,1-2H3/t10-/m0/s1. The molecule has 1 atom stereocenters. The quantitative estimate of drug-likeness (QED) is 0.641. The number of carbonyl (C=O) groups is 1. The molecule has 1 heterocycles. The van der Waals surface area contributed by atoms with Crippen LogP contribution in [0.25, 0.3) is 0 Å². The number of likely N-dealkylation sites (tertiary alicyclic amines) is 1. The molecule has 1 aliphatic heterocycles. The first kappa shape index (κ1) is 10.2. The zero-order valence-electron chi connectivity index (χ0n) is 8.34. The lowest BCUT2D eigenvalue weighted by atomic mass is 9.77. The third-order valence-corrected chi connectivity index (χ3v) is 2.80. The number of nitrogens with zero attached hydrogens (tertiary/aromatic N) is 2. The molecule has 0 amide bonds. The van der Waals surface area contributed by atoms with Gasteiger partial charge < -0.3 is 4.90 Å². The van der Waals surface area contributed by atoms with Crippen molar-refractivity contribution < 1.29 is 4.79 Å². The fourth-order valence-corrected chi connectivity index (χ4v) is 1.91. The van der Waals surface area contributed by atoms with Gasteiger partial charge in [0.15, 0.2) is 0 Å². The van der Waals surface area contributed by atoms with Gasteiger partial charge in [-0.1, -0.05) is 6.92 Å². The molecule has 1 aliphatic rings. The van der Waals surface area contributed by atoms with Crippen molar-refractivity contribution in [1.29, 1.82) is 5.26 Å². The van der Waals surface area contributed by atoms with E-state index >= 15 is 0 Å². The molecule has 72 valence electrons. The van der Waals surface area contributed by atoms with E-state index < -0.39 is 0 Å². The van der Waals surface area contributed by atoms with E-state index in [9.17, 15) is 4.79 Å². The molecule has 0 spiro atoms. The van der Waals surface area contributed by atoms with Crippen LogP contribution in [0.3, 0.4) is 0 Å². The lowest BCUT2D eigenvalue weighted by molar-refractivity contribution is -0.132. The Morgan fingerprint density at radius 2 is 2.38 bits per heavy atom. The molecule has 1 rings (SSSR count). The number of Topliss-reactive ketones (excluding diaryl/α,β-unsaturated/α-hetero) is 1. The summed E-state index contributed by atoms with van der Waals surface area (Å²) in [5.41, 5.74) is -0.275. The smallest absolute Gasteiger partial charge is 0.141 e. The molecule has 0 unspecified atom stereocenters. The topological polar surface area (TPSA) is 44.1 Å². The van der Waals surface area contributed by atoms with Crippen LogP contribution in [0, 0.1) is 16.7 Å². The predicted octanol–water partition coefficient (Wildman–Crippen LogP) is 1.20.